The van der Waals surface area contributed by atoms with Crippen LogP contribution in [-0.4, -0.2) is 44.0 Å². The lowest BCUT2D eigenvalue weighted by Gasteiger charge is -2.27. The number of pyridine rings is 1. The molecule has 1 saturated carbocycles. The van der Waals surface area contributed by atoms with Crippen molar-refractivity contribution in [2.45, 2.75) is 30.8 Å². The van der Waals surface area contributed by atoms with Crippen LogP contribution in [0.4, 0.5) is 4.39 Å². The smallest absolute Gasteiger partial charge is 0.263 e. The average Bonchev–Trinajstić information content (AvgIpc) is 3.23. The van der Waals surface area contributed by atoms with Crippen LogP contribution in [0.1, 0.15) is 19.8 Å². The van der Waals surface area contributed by atoms with E-state index in [1.54, 1.807) is 0 Å². The predicted octanol–water partition coefficient (Wildman–Crippen LogP) is 1.66. The number of rotatable bonds is 7. The van der Waals surface area contributed by atoms with Crippen molar-refractivity contribution in [3.63, 3.8) is 0 Å². The van der Waals surface area contributed by atoms with Gasteiger partial charge in [-0.1, -0.05) is 0 Å². The minimum atomic E-state index is -3.94. The first-order valence-corrected chi connectivity index (χ1v) is 8.03. The molecule has 5 nitrogen and oxygen atoms in total. The summed E-state index contributed by atoms with van der Waals surface area (Å²) >= 11 is 0. The van der Waals surface area contributed by atoms with Crippen LogP contribution in [0.2, 0.25) is 0 Å². The summed E-state index contributed by atoms with van der Waals surface area (Å²) in [6.07, 6.45) is 3.29. The maximum absolute atomic E-state index is 13.7. The lowest BCUT2D eigenvalue weighted by molar-refractivity contribution is 0.164. The molecule has 1 aromatic rings. The van der Waals surface area contributed by atoms with E-state index in [0.29, 0.717) is 5.92 Å². The number of hydrogen-bond acceptors (Lipinski definition) is 4. The number of nitrogens with zero attached hydrogens (tertiary/aromatic N) is 2. The predicted molar refractivity (Wildman–Crippen MR) is 72.1 cm³/mol. The third-order valence-corrected chi connectivity index (χ3v) is 5.47. The standard InChI is InChI=1S/C13H19FN2O3S/c1-10(11-5-6-11)16(8-9-19-2)20(17,18)13-12(14)4-3-7-15-13/h3-4,7,10-11H,5-6,8-9H2,1-2H3. The number of methoxy groups -OCH3 is 1. The van der Waals surface area contributed by atoms with Crippen LogP contribution in [0.5, 0.6) is 0 Å². The summed E-state index contributed by atoms with van der Waals surface area (Å²) in [6, 6.07) is 2.31. The Kier molecular flexibility index (Phi) is 4.72. The topological polar surface area (TPSA) is 59.5 Å². The molecule has 0 N–H and O–H groups in total. The van der Waals surface area contributed by atoms with Gasteiger partial charge in [-0.25, -0.2) is 17.8 Å². The van der Waals surface area contributed by atoms with Gasteiger partial charge in [-0.05, 0) is 37.8 Å². The highest BCUT2D eigenvalue weighted by molar-refractivity contribution is 7.89. The van der Waals surface area contributed by atoms with E-state index in [0.717, 1.165) is 18.9 Å². The summed E-state index contributed by atoms with van der Waals surface area (Å²) in [5.41, 5.74) is 0. The molecule has 1 aliphatic rings. The van der Waals surface area contributed by atoms with Crippen molar-refractivity contribution in [1.82, 2.24) is 9.29 Å². The molecule has 20 heavy (non-hydrogen) atoms. The minimum Gasteiger partial charge on any atom is -0.383 e. The number of sulfonamides is 1. The SMILES string of the molecule is COCCN(C(C)C1CC1)S(=O)(=O)c1ncccc1F. The van der Waals surface area contributed by atoms with E-state index >= 15 is 0 Å². The van der Waals surface area contributed by atoms with E-state index in [-0.39, 0.29) is 19.2 Å². The van der Waals surface area contributed by atoms with Crippen molar-refractivity contribution in [3.8, 4) is 0 Å². The van der Waals surface area contributed by atoms with Crippen molar-refractivity contribution in [2.75, 3.05) is 20.3 Å². The summed E-state index contributed by atoms with van der Waals surface area (Å²) in [6.45, 7) is 2.32. The monoisotopic (exact) mass is 302 g/mol. The van der Waals surface area contributed by atoms with Crippen LogP contribution in [-0.2, 0) is 14.8 Å². The molecule has 1 atom stereocenters. The van der Waals surface area contributed by atoms with Crippen molar-refractivity contribution >= 4 is 10.0 Å². The first-order chi connectivity index (χ1) is 9.48. The molecule has 2 rings (SSSR count). The van der Waals surface area contributed by atoms with Gasteiger partial charge in [0.1, 0.15) is 0 Å². The third-order valence-electron chi connectivity index (χ3n) is 3.55. The normalized spacial score (nSPS) is 17.4. The highest BCUT2D eigenvalue weighted by Gasteiger charge is 2.39. The van der Waals surface area contributed by atoms with Crippen LogP contribution in [0.25, 0.3) is 0 Å². The van der Waals surface area contributed by atoms with Gasteiger partial charge in [-0.15, -0.1) is 0 Å². The van der Waals surface area contributed by atoms with E-state index in [1.165, 1.54) is 23.7 Å². The molecule has 112 valence electrons. The Bertz CT molecular complexity index is 560. The molecule has 1 aliphatic carbocycles. The Balaban J connectivity index is 2.33. The Morgan fingerprint density at radius 2 is 2.25 bits per heavy atom. The largest absolute Gasteiger partial charge is 0.383 e. The lowest BCUT2D eigenvalue weighted by atomic mass is 10.2. The van der Waals surface area contributed by atoms with Crippen LogP contribution in [0, 0.1) is 11.7 Å². The summed E-state index contributed by atoms with van der Waals surface area (Å²) in [4.78, 5) is 3.70. The summed E-state index contributed by atoms with van der Waals surface area (Å²) in [5, 5.41) is -0.511. The fourth-order valence-electron chi connectivity index (χ4n) is 2.21. The third kappa shape index (κ3) is 3.16. The van der Waals surface area contributed by atoms with E-state index in [9.17, 15) is 12.8 Å². The number of aromatic nitrogens is 1. The first kappa shape index (κ1) is 15.3. The Morgan fingerprint density at radius 3 is 2.80 bits per heavy atom. The fourth-order valence-corrected chi connectivity index (χ4v) is 3.87. The number of ether oxygens (including phenoxy) is 1. The Morgan fingerprint density at radius 1 is 1.55 bits per heavy atom. The van der Waals surface area contributed by atoms with Gasteiger partial charge in [0.15, 0.2) is 5.82 Å². The molecule has 1 unspecified atom stereocenters. The van der Waals surface area contributed by atoms with Gasteiger partial charge in [0.2, 0.25) is 5.03 Å². The van der Waals surface area contributed by atoms with Gasteiger partial charge in [0.05, 0.1) is 6.61 Å². The van der Waals surface area contributed by atoms with Crippen molar-refractivity contribution in [1.29, 1.82) is 0 Å². The second kappa shape index (κ2) is 6.15. The van der Waals surface area contributed by atoms with E-state index in [4.69, 9.17) is 4.74 Å². The van der Waals surface area contributed by atoms with Gasteiger partial charge in [0, 0.05) is 25.9 Å². The van der Waals surface area contributed by atoms with E-state index in [2.05, 4.69) is 4.98 Å². The van der Waals surface area contributed by atoms with Gasteiger partial charge < -0.3 is 4.74 Å². The molecule has 0 amide bonds. The second-order valence-corrected chi connectivity index (χ2v) is 6.78. The van der Waals surface area contributed by atoms with Gasteiger partial charge in [-0.3, -0.25) is 0 Å². The van der Waals surface area contributed by atoms with Crippen LogP contribution >= 0.6 is 0 Å². The zero-order valence-electron chi connectivity index (χ0n) is 11.6. The minimum absolute atomic E-state index is 0.170. The lowest BCUT2D eigenvalue weighted by Crippen LogP contribution is -2.42. The maximum atomic E-state index is 13.7. The number of halogens is 1. The molecule has 0 bridgehead atoms. The van der Waals surface area contributed by atoms with Crippen LogP contribution in [0.15, 0.2) is 23.4 Å². The quantitative estimate of drug-likeness (QED) is 0.768. The highest BCUT2D eigenvalue weighted by atomic mass is 32.2. The first-order valence-electron chi connectivity index (χ1n) is 6.59. The Labute approximate surface area is 118 Å². The van der Waals surface area contributed by atoms with Gasteiger partial charge in [0.25, 0.3) is 10.0 Å². The van der Waals surface area contributed by atoms with Crippen LogP contribution < -0.4 is 0 Å². The molecular formula is C13H19FN2O3S. The molecular weight excluding hydrogens is 283 g/mol. The van der Waals surface area contributed by atoms with Crippen molar-refractivity contribution in [3.05, 3.63) is 24.1 Å². The Hall–Kier alpha value is -1.05. The van der Waals surface area contributed by atoms with Gasteiger partial charge in [-0.2, -0.15) is 4.31 Å². The van der Waals surface area contributed by atoms with Crippen molar-refractivity contribution < 1.29 is 17.5 Å². The molecule has 0 aliphatic heterocycles. The summed E-state index contributed by atoms with van der Waals surface area (Å²) < 4.78 is 45.2. The number of hydrogen-bond donors (Lipinski definition) is 0. The highest BCUT2D eigenvalue weighted by Crippen LogP contribution is 2.37. The molecule has 1 fully saturated rings. The zero-order valence-corrected chi connectivity index (χ0v) is 12.4. The maximum Gasteiger partial charge on any atom is 0.263 e. The molecule has 0 spiro atoms. The molecule has 1 heterocycles. The second-order valence-electron chi connectivity index (χ2n) is 4.98. The van der Waals surface area contributed by atoms with E-state index < -0.39 is 20.9 Å². The zero-order chi connectivity index (χ0) is 14.8. The van der Waals surface area contributed by atoms with Crippen LogP contribution in [0.3, 0.4) is 0 Å². The molecule has 0 saturated heterocycles. The average molecular weight is 302 g/mol. The fraction of sp³-hybridized carbons (Fsp3) is 0.615. The van der Waals surface area contributed by atoms with E-state index in [1.807, 2.05) is 6.92 Å². The summed E-state index contributed by atoms with van der Waals surface area (Å²) in [5.74, 6) is -0.480. The molecule has 0 aromatic carbocycles. The van der Waals surface area contributed by atoms with Crippen molar-refractivity contribution in [2.24, 2.45) is 5.92 Å². The molecule has 0 radical (unpaired) electrons. The molecule has 1 aromatic heterocycles. The van der Waals surface area contributed by atoms with Gasteiger partial charge >= 0.3 is 0 Å². The molecule has 7 heteroatoms. The summed E-state index contributed by atoms with van der Waals surface area (Å²) in [7, 11) is -2.43.